The Labute approximate surface area is 71.9 Å². The van der Waals surface area contributed by atoms with Gasteiger partial charge in [-0.05, 0) is 39.0 Å². The van der Waals surface area contributed by atoms with E-state index in [2.05, 4.69) is 4.99 Å². The molecule has 1 fully saturated rings. The van der Waals surface area contributed by atoms with E-state index in [1.54, 1.807) is 13.8 Å². The van der Waals surface area contributed by atoms with Crippen molar-refractivity contribution in [1.82, 2.24) is 0 Å². The van der Waals surface area contributed by atoms with Gasteiger partial charge in [-0.15, -0.1) is 0 Å². The van der Waals surface area contributed by atoms with Gasteiger partial charge < -0.3 is 0 Å². The molecule has 0 aliphatic heterocycles. The van der Waals surface area contributed by atoms with Gasteiger partial charge in [-0.2, -0.15) is 0 Å². The number of halogens is 1. The van der Waals surface area contributed by atoms with Crippen molar-refractivity contribution in [2.45, 2.75) is 44.8 Å². The highest BCUT2D eigenvalue weighted by atomic mass is 19.1. The fourth-order valence-electron chi connectivity index (χ4n) is 1.77. The molecule has 0 aromatic rings. The molecule has 0 radical (unpaired) electrons. The normalized spacial score (nSPS) is 29.9. The van der Waals surface area contributed by atoms with Crippen molar-refractivity contribution < 1.29 is 9.18 Å². The lowest BCUT2D eigenvalue weighted by Gasteiger charge is -2.21. The highest BCUT2D eigenvalue weighted by molar-refractivity contribution is 5.33. The Kier molecular flexibility index (Phi) is 2.63. The van der Waals surface area contributed by atoms with Crippen molar-refractivity contribution in [3.8, 4) is 0 Å². The monoisotopic (exact) mass is 171 g/mol. The topological polar surface area (TPSA) is 29.4 Å². The van der Waals surface area contributed by atoms with Crippen molar-refractivity contribution in [2.75, 3.05) is 0 Å². The summed E-state index contributed by atoms with van der Waals surface area (Å²) in [7, 11) is 0. The van der Waals surface area contributed by atoms with Gasteiger partial charge in [0.1, 0.15) is 5.67 Å². The van der Waals surface area contributed by atoms with Crippen LogP contribution in [-0.2, 0) is 4.79 Å². The van der Waals surface area contributed by atoms with E-state index in [4.69, 9.17) is 0 Å². The van der Waals surface area contributed by atoms with Crippen LogP contribution in [0.5, 0.6) is 0 Å². The molecule has 1 aliphatic carbocycles. The van der Waals surface area contributed by atoms with Gasteiger partial charge in [-0.3, -0.25) is 0 Å². The molecular weight excluding hydrogens is 157 g/mol. The average Bonchev–Trinajstić information content (AvgIpc) is 2.35. The van der Waals surface area contributed by atoms with Crippen LogP contribution in [0.1, 0.15) is 33.1 Å². The summed E-state index contributed by atoms with van der Waals surface area (Å²) in [5.74, 6) is 0.0552. The number of aliphatic imine (C=N–C) groups is 1. The Morgan fingerprint density at radius 2 is 2.17 bits per heavy atom. The lowest BCUT2D eigenvalue weighted by molar-refractivity contribution is 0.127. The summed E-state index contributed by atoms with van der Waals surface area (Å²) >= 11 is 0. The minimum atomic E-state index is -1.13. The van der Waals surface area contributed by atoms with E-state index in [0.717, 1.165) is 12.8 Å². The first kappa shape index (κ1) is 9.40. The summed E-state index contributed by atoms with van der Waals surface area (Å²) in [5.41, 5.74) is -1.13. The van der Waals surface area contributed by atoms with E-state index in [1.807, 2.05) is 0 Å². The number of rotatable bonds is 2. The van der Waals surface area contributed by atoms with Crippen LogP contribution in [0, 0.1) is 5.92 Å². The molecule has 12 heavy (non-hydrogen) atoms. The maximum atomic E-state index is 13.4. The highest BCUT2D eigenvalue weighted by Crippen LogP contribution is 2.37. The zero-order valence-corrected chi connectivity index (χ0v) is 7.51. The van der Waals surface area contributed by atoms with E-state index >= 15 is 0 Å². The SMILES string of the molecule is CC(C)(F)C1CCC(N=C=O)C1. The van der Waals surface area contributed by atoms with E-state index in [-0.39, 0.29) is 12.0 Å². The Morgan fingerprint density at radius 3 is 2.58 bits per heavy atom. The van der Waals surface area contributed by atoms with Crippen LogP contribution in [-0.4, -0.2) is 17.8 Å². The van der Waals surface area contributed by atoms with Gasteiger partial charge in [0.05, 0.1) is 6.04 Å². The minimum absolute atomic E-state index is 0.0162. The molecule has 2 unspecified atom stereocenters. The molecule has 1 aliphatic rings. The lowest BCUT2D eigenvalue weighted by atomic mass is 9.91. The second-order valence-corrected chi connectivity index (χ2v) is 3.95. The van der Waals surface area contributed by atoms with Crippen LogP contribution in [0.25, 0.3) is 0 Å². The fraction of sp³-hybridized carbons (Fsp3) is 0.889. The summed E-state index contributed by atoms with van der Waals surface area (Å²) < 4.78 is 13.4. The number of hydrogen-bond donors (Lipinski definition) is 0. The smallest absolute Gasteiger partial charge is 0.235 e. The first-order chi connectivity index (χ1) is 5.54. The molecule has 1 saturated carbocycles. The first-order valence-electron chi connectivity index (χ1n) is 4.30. The predicted octanol–water partition coefficient (Wildman–Crippen LogP) is 2.24. The van der Waals surface area contributed by atoms with Gasteiger partial charge >= 0.3 is 0 Å². The van der Waals surface area contributed by atoms with Gasteiger partial charge in [0.15, 0.2) is 0 Å². The Bertz CT molecular complexity index is 203. The van der Waals surface area contributed by atoms with E-state index in [9.17, 15) is 9.18 Å². The molecule has 0 bridgehead atoms. The third kappa shape index (κ3) is 2.15. The molecule has 0 amide bonds. The van der Waals surface area contributed by atoms with Crippen LogP contribution in [0.2, 0.25) is 0 Å². The maximum absolute atomic E-state index is 13.4. The number of nitrogens with zero attached hydrogens (tertiary/aromatic N) is 1. The standard InChI is InChI=1S/C9H14FNO/c1-9(2,10)7-3-4-8(5-7)11-6-12/h7-8H,3-5H2,1-2H3. The molecule has 2 nitrogen and oxygen atoms in total. The molecule has 3 heteroatoms. The number of carbonyl (C=O) groups excluding carboxylic acids is 1. The molecule has 2 atom stereocenters. The third-order valence-electron chi connectivity index (χ3n) is 2.61. The summed E-state index contributed by atoms with van der Waals surface area (Å²) in [5, 5.41) is 0. The van der Waals surface area contributed by atoms with Gasteiger partial charge in [0.25, 0.3) is 0 Å². The second kappa shape index (κ2) is 3.36. The molecule has 0 N–H and O–H groups in total. The molecule has 0 spiro atoms. The van der Waals surface area contributed by atoms with Crippen molar-refractivity contribution in [1.29, 1.82) is 0 Å². The second-order valence-electron chi connectivity index (χ2n) is 3.95. The number of isocyanates is 1. The molecular formula is C9H14FNO. The van der Waals surface area contributed by atoms with E-state index < -0.39 is 5.67 Å². The van der Waals surface area contributed by atoms with Gasteiger partial charge in [0.2, 0.25) is 6.08 Å². The van der Waals surface area contributed by atoms with Crippen LogP contribution in [0.3, 0.4) is 0 Å². The van der Waals surface area contributed by atoms with Gasteiger partial charge in [0, 0.05) is 0 Å². The molecule has 0 saturated heterocycles. The molecule has 68 valence electrons. The molecule has 1 rings (SSSR count). The Balaban J connectivity index is 2.51. The molecule has 0 aromatic heterocycles. The van der Waals surface area contributed by atoms with Gasteiger partial charge in [-0.1, -0.05) is 0 Å². The first-order valence-corrected chi connectivity index (χ1v) is 4.30. The summed E-state index contributed by atoms with van der Waals surface area (Å²) in [4.78, 5) is 13.5. The Hall–Kier alpha value is -0.690. The van der Waals surface area contributed by atoms with Crippen LogP contribution in [0.15, 0.2) is 4.99 Å². The van der Waals surface area contributed by atoms with Crippen molar-refractivity contribution in [2.24, 2.45) is 10.9 Å². The average molecular weight is 171 g/mol. The quantitative estimate of drug-likeness (QED) is 0.462. The lowest BCUT2D eigenvalue weighted by Crippen LogP contribution is -2.23. The summed E-state index contributed by atoms with van der Waals surface area (Å²) in [6.07, 6.45) is 3.89. The van der Waals surface area contributed by atoms with Crippen molar-refractivity contribution in [3.05, 3.63) is 0 Å². The Morgan fingerprint density at radius 1 is 1.50 bits per heavy atom. The maximum Gasteiger partial charge on any atom is 0.235 e. The largest absolute Gasteiger partial charge is 0.244 e. The molecule has 0 heterocycles. The van der Waals surface area contributed by atoms with Crippen molar-refractivity contribution >= 4 is 6.08 Å². The van der Waals surface area contributed by atoms with Gasteiger partial charge in [-0.25, -0.2) is 14.2 Å². The summed E-state index contributed by atoms with van der Waals surface area (Å²) in [6, 6.07) is 0.0162. The number of alkyl halides is 1. The summed E-state index contributed by atoms with van der Waals surface area (Å²) in [6.45, 7) is 3.18. The zero-order chi connectivity index (χ0) is 9.19. The fourth-order valence-corrected chi connectivity index (χ4v) is 1.77. The van der Waals surface area contributed by atoms with Crippen molar-refractivity contribution in [3.63, 3.8) is 0 Å². The van der Waals surface area contributed by atoms with E-state index in [1.165, 1.54) is 6.08 Å². The highest BCUT2D eigenvalue weighted by Gasteiger charge is 2.35. The predicted molar refractivity (Wildman–Crippen MR) is 44.4 cm³/mol. The molecule has 0 aromatic carbocycles. The minimum Gasteiger partial charge on any atom is -0.244 e. The van der Waals surface area contributed by atoms with Crippen LogP contribution in [0.4, 0.5) is 4.39 Å². The third-order valence-corrected chi connectivity index (χ3v) is 2.61. The zero-order valence-electron chi connectivity index (χ0n) is 7.51. The van der Waals surface area contributed by atoms with E-state index in [0.29, 0.717) is 6.42 Å². The van der Waals surface area contributed by atoms with Crippen LogP contribution < -0.4 is 0 Å². The van der Waals surface area contributed by atoms with Crippen LogP contribution >= 0.6 is 0 Å². The number of hydrogen-bond acceptors (Lipinski definition) is 2.